The first-order valence-electron chi connectivity index (χ1n) is 11.3. The average molecular weight is 409 g/mol. The molecule has 4 heteroatoms. The lowest BCUT2D eigenvalue weighted by Gasteiger charge is -2.36. The number of carbonyl (C=O) groups is 1. The molecule has 2 aromatic carbocycles. The Balaban J connectivity index is 1.45. The molecule has 1 saturated heterocycles. The Morgan fingerprint density at radius 1 is 0.900 bits per heavy atom. The van der Waals surface area contributed by atoms with Gasteiger partial charge in [-0.2, -0.15) is 0 Å². The molecule has 2 aromatic rings. The highest BCUT2D eigenvalue weighted by molar-refractivity contribution is 5.96. The number of piperazine rings is 1. The van der Waals surface area contributed by atoms with E-state index in [1.54, 1.807) is 0 Å². The van der Waals surface area contributed by atoms with Crippen molar-refractivity contribution in [3.8, 4) is 0 Å². The molecular weight excluding hydrogens is 372 g/mol. The van der Waals surface area contributed by atoms with Crippen molar-refractivity contribution >= 4 is 5.78 Å². The third kappa shape index (κ3) is 7.35. The largest absolute Gasteiger partial charge is 0.372 e. The molecule has 1 aliphatic heterocycles. The highest BCUT2D eigenvalue weighted by atomic mass is 16.5. The van der Waals surface area contributed by atoms with Crippen LogP contribution in [0.1, 0.15) is 48.7 Å². The van der Waals surface area contributed by atoms with Crippen molar-refractivity contribution in [2.45, 2.75) is 32.8 Å². The predicted molar refractivity (Wildman–Crippen MR) is 123 cm³/mol. The van der Waals surface area contributed by atoms with Crippen LogP contribution < -0.4 is 0 Å². The van der Waals surface area contributed by atoms with Crippen LogP contribution in [-0.2, 0) is 4.74 Å². The van der Waals surface area contributed by atoms with Crippen molar-refractivity contribution in [1.82, 2.24) is 9.80 Å². The standard InChI is InChI=1S/C26H36N2O2/c1-22(2)14-20-30-26(24-11-7-4-8-12-24)21-28-18-16-27(17-19-28)15-13-25(29)23-9-5-3-6-10-23/h3-12,22,26H,13-21H2,1-2H3. The Morgan fingerprint density at radius 2 is 1.50 bits per heavy atom. The van der Waals surface area contributed by atoms with Gasteiger partial charge in [0.15, 0.2) is 5.78 Å². The van der Waals surface area contributed by atoms with Crippen LogP contribution in [0, 0.1) is 5.92 Å². The summed E-state index contributed by atoms with van der Waals surface area (Å²) in [5.74, 6) is 0.893. The van der Waals surface area contributed by atoms with Crippen molar-refractivity contribution in [2.75, 3.05) is 45.9 Å². The molecule has 0 aromatic heterocycles. The van der Waals surface area contributed by atoms with E-state index in [0.29, 0.717) is 12.3 Å². The van der Waals surface area contributed by atoms with Gasteiger partial charge in [-0.1, -0.05) is 74.5 Å². The minimum atomic E-state index is 0.121. The van der Waals surface area contributed by atoms with Gasteiger partial charge in [0.05, 0.1) is 6.10 Å². The van der Waals surface area contributed by atoms with Crippen molar-refractivity contribution in [1.29, 1.82) is 0 Å². The topological polar surface area (TPSA) is 32.8 Å². The summed E-state index contributed by atoms with van der Waals surface area (Å²) in [4.78, 5) is 17.3. The van der Waals surface area contributed by atoms with E-state index in [-0.39, 0.29) is 11.9 Å². The number of Topliss-reactive ketones (excluding diaryl/α,β-unsaturated/α-hetero) is 1. The van der Waals surface area contributed by atoms with E-state index in [9.17, 15) is 4.79 Å². The molecule has 0 N–H and O–H groups in total. The summed E-state index contributed by atoms with van der Waals surface area (Å²) in [6.45, 7) is 11.1. The molecule has 0 amide bonds. The number of nitrogens with zero attached hydrogens (tertiary/aromatic N) is 2. The zero-order valence-electron chi connectivity index (χ0n) is 18.5. The smallest absolute Gasteiger partial charge is 0.164 e. The van der Waals surface area contributed by atoms with Gasteiger partial charge in [-0.15, -0.1) is 0 Å². The number of carbonyl (C=O) groups excluding carboxylic acids is 1. The molecule has 1 unspecified atom stereocenters. The molecule has 30 heavy (non-hydrogen) atoms. The van der Waals surface area contributed by atoms with Gasteiger partial charge >= 0.3 is 0 Å². The molecule has 1 fully saturated rings. The Labute approximate surface area is 181 Å². The summed E-state index contributed by atoms with van der Waals surface area (Å²) in [5.41, 5.74) is 2.08. The van der Waals surface area contributed by atoms with E-state index in [4.69, 9.17) is 4.74 Å². The molecular formula is C26H36N2O2. The first-order valence-corrected chi connectivity index (χ1v) is 11.3. The van der Waals surface area contributed by atoms with Crippen molar-refractivity contribution < 1.29 is 9.53 Å². The van der Waals surface area contributed by atoms with Gasteiger partial charge in [-0.3, -0.25) is 9.69 Å². The lowest BCUT2D eigenvalue weighted by atomic mass is 10.1. The average Bonchev–Trinajstić information content (AvgIpc) is 2.78. The number of rotatable bonds is 11. The Bertz CT molecular complexity index is 740. The van der Waals surface area contributed by atoms with Gasteiger partial charge in [0.1, 0.15) is 0 Å². The fraction of sp³-hybridized carbons (Fsp3) is 0.500. The summed E-state index contributed by atoms with van der Waals surface area (Å²) in [6.07, 6.45) is 1.80. The number of ether oxygens (including phenoxy) is 1. The highest BCUT2D eigenvalue weighted by Crippen LogP contribution is 2.20. The second-order valence-electron chi connectivity index (χ2n) is 8.63. The number of ketones is 1. The zero-order valence-corrected chi connectivity index (χ0v) is 18.5. The molecule has 4 nitrogen and oxygen atoms in total. The van der Waals surface area contributed by atoms with Gasteiger partial charge in [0, 0.05) is 57.9 Å². The monoisotopic (exact) mass is 408 g/mol. The van der Waals surface area contributed by atoms with Gasteiger partial charge in [-0.25, -0.2) is 0 Å². The summed E-state index contributed by atoms with van der Waals surface area (Å²) in [6, 6.07) is 20.2. The molecule has 1 atom stereocenters. The highest BCUT2D eigenvalue weighted by Gasteiger charge is 2.22. The number of hydrogen-bond acceptors (Lipinski definition) is 4. The van der Waals surface area contributed by atoms with Crippen molar-refractivity contribution in [3.05, 3.63) is 71.8 Å². The van der Waals surface area contributed by atoms with E-state index >= 15 is 0 Å². The Hall–Kier alpha value is -2.01. The lowest BCUT2D eigenvalue weighted by molar-refractivity contribution is 0.00799. The van der Waals surface area contributed by atoms with E-state index in [0.717, 1.165) is 57.9 Å². The summed E-state index contributed by atoms with van der Waals surface area (Å²) in [5, 5.41) is 0. The molecule has 162 valence electrons. The maximum Gasteiger partial charge on any atom is 0.164 e. The van der Waals surface area contributed by atoms with E-state index in [1.165, 1.54) is 5.56 Å². The van der Waals surface area contributed by atoms with Crippen molar-refractivity contribution in [3.63, 3.8) is 0 Å². The third-order valence-electron chi connectivity index (χ3n) is 5.83. The van der Waals surface area contributed by atoms with Gasteiger partial charge in [-0.05, 0) is 17.9 Å². The van der Waals surface area contributed by atoms with Crippen LogP contribution in [0.4, 0.5) is 0 Å². The number of benzene rings is 2. The molecule has 0 bridgehead atoms. The molecule has 1 aliphatic rings. The van der Waals surface area contributed by atoms with Crippen LogP contribution in [0.25, 0.3) is 0 Å². The van der Waals surface area contributed by atoms with Crippen molar-refractivity contribution in [2.24, 2.45) is 5.92 Å². The van der Waals surface area contributed by atoms with E-state index in [2.05, 4.69) is 54.0 Å². The predicted octanol–water partition coefficient (Wildman–Crippen LogP) is 4.68. The SMILES string of the molecule is CC(C)CCOC(CN1CCN(CCC(=O)c2ccccc2)CC1)c1ccccc1. The first kappa shape index (κ1) is 22.7. The molecule has 0 spiro atoms. The molecule has 0 saturated carbocycles. The summed E-state index contributed by atoms with van der Waals surface area (Å²) >= 11 is 0. The van der Waals surface area contributed by atoms with E-state index in [1.807, 2.05) is 30.3 Å². The maximum absolute atomic E-state index is 12.3. The maximum atomic E-state index is 12.3. The fourth-order valence-corrected chi connectivity index (χ4v) is 3.83. The first-order chi connectivity index (χ1) is 14.6. The van der Waals surface area contributed by atoms with Crippen LogP contribution >= 0.6 is 0 Å². The lowest BCUT2D eigenvalue weighted by Crippen LogP contribution is -2.48. The van der Waals surface area contributed by atoms with Crippen LogP contribution in [0.15, 0.2) is 60.7 Å². The van der Waals surface area contributed by atoms with Gasteiger partial charge < -0.3 is 9.64 Å². The van der Waals surface area contributed by atoms with Crippen LogP contribution in [0.5, 0.6) is 0 Å². The van der Waals surface area contributed by atoms with Crippen LogP contribution in [0.2, 0.25) is 0 Å². The minimum Gasteiger partial charge on any atom is -0.372 e. The van der Waals surface area contributed by atoms with Crippen LogP contribution in [0.3, 0.4) is 0 Å². The van der Waals surface area contributed by atoms with E-state index < -0.39 is 0 Å². The molecule has 1 heterocycles. The third-order valence-corrected chi connectivity index (χ3v) is 5.83. The zero-order chi connectivity index (χ0) is 21.2. The summed E-state index contributed by atoms with van der Waals surface area (Å²) in [7, 11) is 0. The quantitative estimate of drug-likeness (QED) is 0.506. The minimum absolute atomic E-state index is 0.121. The van der Waals surface area contributed by atoms with Crippen LogP contribution in [-0.4, -0.2) is 61.5 Å². The second kappa shape index (κ2) is 12.0. The number of hydrogen-bond donors (Lipinski definition) is 0. The molecule has 3 rings (SSSR count). The normalized spacial score (nSPS) is 16.6. The fourth-order valence-electron chi connectivity index (χ4n) is 3.83. The second-order valence-corrected chi connectivity index (χ2v) is 8.63. The molecule has 0 aliphatic carbocycles. The molecule has 0 radical (unpaired) electrons. The Morgan fingerprint density at radius 3 is 2.13 bits per heavy atom. The summed E-state index contributed by atoms with van der Waals surface area (Å²) < 4.78 is 6.30. The van der Waals surface area contributed by atoms with Gasteiger partial charge in [0.2, 0.25) is 0 Å². The Kier molecular flexibility index (Phi) is 9.06. The van der Waals surface area contributed by atoms with Gasteiger partial charge in [0.25, 0.3) is 0 Å².